The van der Waals surface area contributed by atoms with Gasteiger partial charge in [-0.1, -0.05) is 84.0 Å². The first-order chi connectivity index (χ1) is 20.5. The average molecular weight is 665 g/mol. The summed E-state index contributed by atoms with van der Waals surface area (Å²) in [6.45, 7) is 0.102. The molecular formula is C32H36Cl3N3O4S. The molecule has 3 aromatic rings. The lowest BCUT2D eigenvalue weighted by Gasteiger charge is -2.33. The Bertz CT molecular complexity index is 1480. The van der Waals surface area contributed by atoms with E-state index in [1.807, 2.05) is 30.3 Å². The molecule has 1 aliphatic rings. The number of anilines is 1. The number of carbonyl (C=O) groups excluding carboxylic acids is 2. The molecule has 0 bridgehead atoms. The summed E-state index contributed by atoms with van der Waals surface area (Å²) in [6.07, 6.45) is 5.56. The Labute approximate surface area is 269 Å². The molecule has 7 nitrogen and oxygen atoms in total. The van der Waals surface area contributed by atoms with E-state index in [0.717, 1.165) is 37.5 Å². The minimum Gasteiger partial charge on any atom is -0.352 e. The largest absolute Gasteiger partial charge is 0.352 e. The van der Waals surface area contributed by atoms with E-state index in [2.05, 4.69) is 5.32 Å². The highest BCUT2D eigenvalue weighted by Crippen LogP contribution is 2.28. The fraction of sp³-hybridized carbons (Fsp3) is 0.375. The van der Waals surface area contributed by atoms with E-state index in [1.54, 1.807) is 42.5 Å². The van der Waals surface area contributed by atoms with Gasteiger partial charge in [-0.3, -0.25) is 13.9 Å². The first-order valence-corrected chi connectivity index (χ1v) is 17.3. The SMILES string of the molecule is CS(=O)(=O)N(CCCC(=O)N(Cc1c(Cl)cccc1Cl)[C@H](Cc1ccccc1)C(=O)NC1CCCC1)c1ccc(Cl)cc1. The smallest absolute Gasteiger partial charge is 0.243 e. The molecule has 43 heavy (non-hydrogen) atoms. The van der Waals surface area contributed by atoms with E-state index >= 15 is 0 Å². The molecule has 0 unspecified atom stereocenters. The van der Waals surface area contributed by atoms with Crippen LogP contribution in [0.3, 0.4) is 0 Å². The van der Waals surface area contributed by atoms with Crippen LogP contribution in [0.2, 0.25) is 15.1 Å². The summed E-state index contributed by atoms with van der Waals surface area (Å²) in [4.78, 5) is 29.4. The number of hydrogen-bond donors (Lipinski definition) is 1. The first-order valence-electron chi connectivity index (χ1n) is 14.3. The zero-order valence-corrected chi connectivity index (χ0v) is 27.1. The molecule has 1 fully saturated rings. The molecule has 0 saturated heterocycles. The molecule has 11 heteroatoms. The van der Waals surface area contributed by atoms with Crippen LogP contribution in [0.1, 0.15) is 49.7 Å². The van der Waals surface area contributed by atoms with Gasteiger partial charge >= 0.3 is 0 Å². The van der Waals surface area contributed by atoms with Gasteiger partial charge < -0.3 is 10.2 Å². The summed E-state index contributed by atoms with van der Waals surface area (Å²) in [6, 6.07) is 20.4. The first kappa shape index (κ1) is 33.1. The Kier molecular flexibility index (Phi) is 11.8. The molecule has 4 rings (SSSR count). The predicted octanol–water partition coefficient (Wildman–Crippen LogP) is 6.89. The fourth-order valence-corrected chi connectivity index (χ4v) is 6.99. The highest BCUT2D eigenvalue weighted by Gasteiger charge is 2.33. The normalized spacial score (nSPS) is 14.3. The molecule has 3 aromatic carbocycles. The standard InChI is InChI=1S/C32H36Cl3N3O4S/c1-43(41,42)38(26-18-16-24(33)17-19-26)20-8-15-31(39)37(22-27-28(34)13-7-14-29(27)35)30(21-23-9-3-2-4-10-23)32(40)36-25-11-5-6-12-25/h2-4,7,9-10,13-14,16-19,25,30H,5-6,8,11-12,15,20-22H2,1H3,(H,36,40)/t30-/m1/s1. The van der Waals surface area contributed by atoms with Gasteiger partial charge in [-0.2, -0.15) is 0 Å². The Morgan fingerprint density at radius 3 is 2.14 bits per heavy atom. The van der Waals surface area contributed by atoms with E-state index in [4.69, 9.17) is 34.8 Å². The monoisotopic (exact) mass is 663 g/mol. The second kappa shape index (κ2) is 15.3. The molecule has 0 spiro atoms. The van der Waals surface area contributed by atoms with Gasteiger partial charge in [0, 0.05) is 52.6 Å². The van der Waals surface area contributed by atoms with Crippen LogP contribution in [0.5, 0.6) is 0 Å². The van der Waals surface area contributed by atoms with Gasteiger partial charge in [0.1, 0.15) is 6.04 Å². The van der Waals surface area contributed by atoms with Crippen molar-refractivity contribution in [3.05, 3.63) is 99.0 Å². The maximum Gasteiger partial charge on any atom is 0.243 e. The minimum atomic E-state index is -3.63. The molecule has 0 aliphatic heterocycles. The summed E-state index contributed by atoms with van der Waals surface area (Å²) < 4.78 is 26.5. The summed E-state index contributed by atoms with van der Waals surface area (Å²) >= 11 is 19.1. The third-order valence-corrected chi connectivity index (χ3v) is 9.78. The van der Waals surface area contributed by atoms with Crippen LogP contribution >= 0.6 is 34.8 Å². The van der Waals surface area contributed by atoms with Crippen LogP contribution in [0.4, 0.5) is 5.69 Å². The van der Waals surface area contributed by atoms with Gasteiger partial charge in [-0.15, -0.1) is 0 Å². The van der Waals surface area contributed by atoms with Crippen molar-refractivity contribution in [3.8, 4) is 0 Å². The van der Waals surface area contributed by atoms with Crippen LogP contribution in [0, 0.1) is 0 Å². The minimum absolute atomic E-state index is 0.00365. The number of carbonyl (C=O) groups is 2. The quantitative estimate of drug-likeness (QED) is 0.216. The molecule has 0 heterocycles. The molecule has 2 amide bonds. The average Bonchev–Trinajstić information content (AvgIpc) is 3.48. The number of halogens is 3. The molecule has 0 radical (unpaired) electrons. The summed E-state index contributed by atoms with van der Waals surface area (Å²) in [5, 5.41) is 4.45. The van der Waals surface area contributed by atoms with Crippen LogP contribution in [-0.2, 0) is 32.6 Å². The van der Waals surface area contributed by atoms with Crippen molar-refractivity contribution in [1.82, 2.24) is 10.2 Å². The number of benzene rings is 3. The number of hydrogen-bond acceptors (Lipinski definition) is 4. The molecule has 1 N–H and O–H groups in total. The Morgan fingerprint density at radius 2 is 1.53 bits per heavy atom. The lowest BCUT2D eigenvalue weighted by Crippen LogP contribution is -2.52. The maximum absolute atomic E-state index is 14.0. The lowest BCUT2D eigenvalue weighted by molar-refractivity contribution is -0.141. The molecule has 230 valence electrons. The summed E-state index contributed by atoms with van der Waals surface area (Å²) in [7, 11) is -3.63. The molecule has 1 atom stereocenters. The number of sulfonamides is 1. The zero-order chi connectivity index (χ0) is 31.0. The van der Waals surface area contributed by atoms with Gasteiger partial charge in [-0.05, 0) is 61.2 Å². The summed E-state index contributed by atoms with van der Waals surface area (Å²) in [5.74, 6) is -0.533. The van der Waals surface area contributed by atoms with Crippen LogP contribution < -0.4 is 9.62 Å². The second-order valence-corrected chi connectivity index (χ2v) is 14.0. The van der Waals surface area contributed by atoms with Crippen molar-refractivity contribution < 1.29 is 18.0 Å². The van der Waals surface area contributed by atoms with Gasteiger partial charge in [-0.25, -0.2) is 8.42 Å². The van der Waals surface area contributed by atoms with Gasteiger partial charge in [0.2, 0.25) is 21.8 Å². The second-order valence-electron chi connectivity index (χ2n) is 10.8. The highest BCUT2D eigenvalue weighted by atomic mass is 35.5. The third-order valence-electron chi connectivity index (χ3n) is 7.63. The third kappa shape index (κ3) is 9.35. The number of amides is 2. The Hall–Kier alpha value is -2.78. The van der Waals surface area contributed by atoms with Crippen molar-refractivity contribution in [3.63, 3.8) is 0 Å². The zero-order valence-electron chi connectivity index (χ0n) is 24.0. The number of nitrogens with zero attached hydrogens (tertiary/aromatic N) is 2. The molecule has 1 saturated carbocycles. The van der Waals surface area contributed by atoms with Gasteiger partial charge in [0.15, 0.2) is 0 Å². The van der Waals surface area contributed by atoms with E-state index in [1.165, 1.54) is 9.21 Å². The number of nitrogens with one attached hydrogen (secondary N) is 1. The maximum atomic E-state index is 14.0. The van der Waals surface area contributed by atoms with Crippen LogP contribution in [-0.4, -0.2) is 50.0 Å². The Morgan fingerprint density at radius 1 is 0.907 bits per heavy atom. The van der Waals surface area contributed by atoms with Gasteiger partial charge in [0.25, 0.3) is 0 Å². The Balaban J connectivity index is 1.62. The van der Waals surface area contributed by atoms with Crippen molar-refractivity contribution in [2.45, 2.75) is 63.6 Å². The molecule has 1 aliphatic carbocycles. The molecule has 0 aromatic heterocycles. The number of rotatable bonds is 13. The van der Waals surface area contributed by atoms with Gasteiger partial charge in [0.05, 0.1) is 11.9 Å². The van der Waals surface area contributed by atoms with E-state index < -0.39 is 16.1 Å². The van der Waals surface area contributed by atoms with Crippen molar-refractivity contribution in [2.24, 2.45) is 0 Å². The van der Waals surface area contributed by atoms with Crippen LogP contribution in [0.25, 0.3) is 0 Å². The highest BCUT2D eigenvalue weighted by molar-refractivity contribution is 7.92. The van der Waals surface area contributed by atoms with Crippen molar-refractivity contribution in [2.75, 3.05) is 17.1 Å². The lowest BCUT2D eigenvalue weighted by atomic mass is 10.0. The van der Waals surface area contributed by atoms with E-state index in [-0.39, 0.29) is 43.8 Å². The van der Waals surface area contributed by atoms with Crippen molar-refractivity contribution >= 4 is 62.3 Å². The molecular weight excluding hydrogens is 629 g/mol. The predicted molar refractivity (Wildman–Crippen MR) is 174 cm³/mol. The van der Waals surface area contributed by atoms with E-state index in [9.17, 15) is 18.0 Å². The van der Waals surface area contributed by atoms with E-state index in [0.29, 0.717) is 32.7 Å². The fourth-order valence-electron chi connectivity index (χ4n) is 5.39. The van der Waals surface area contributed by atoms with Crippen molar-refractivity contribution in [1.29, 1.82) is 0 Å². The van der Waals surface area contributed by atoms with Crippen LogP contribution in [0.15, 0.2) is 72.8 Å². The topological polar surface area (TPSA) is 86.8 Å². The summed E-state index contributed by atoms with van der Waals surface area (Å²) in [5.41, 5.74) is 1.91.